The van der Waals surface area contributed by atoms with Crippen molar-refractivity contribution in [1.29, 1.82) is 0 Å². The van der Waals surface area contributed by atoms with Gasteiger partial charge in [0.1, 0.15) is 19.7 Å². The quantitative estimate of drug-likeness (QED) is 0.519. The van der Waals surface area contributed by atoms with E-state index in [1.165, 1.54) is 0 Å². The topological polar surface area (TPSA) is 63.2 Å². The van der Waals surface area contributed by atoms with E-state index in [-0.39, 0.29) is 5.79 Å². The number of aliphatic imine (C=N–C) groups is 2. The zero-order valence-electron chi connectivity index (χ0n) is 9.40. The third-order valence-electron chi connectivity index (χ3n) is 2.08. The third-order valence-corrected chi connectivity index (χ3v) is 4.04. The van der Waals surface area contributed by atoms with Gasteiger partial charge in [0.15, 0.2) is 0 Å². The average molecular weight is 214 g/mol. The highest BCUT2D eigenvalue weighted by atomic mass is 28.3. The molecule has 0 aromatic carbocycles. The lowest BCUT2D eigenvalue weighted by molar-refractivity contribution is 0.348. The second-order valence-electron chi connectivity index (χ2n) is 4.42. The van der Waals surface area contributed by atoms with E-state index in [1.54, 1.807) is 12.1 Å². The Kier molecular flexibility index (Phi) is 2.96. The van der Waals surface area contributed by atoms with Gasteiger partial charge in [0.05, 0.1) is 7.11 Å². The van der Waals surface area contributed by atoms with Crippen molar-refractivity contribution in [2.45, 2.75) is 32.4 Å². The number of rotatable bonds is 1. The monoisotopic (exact) mass is 214 g/mol. The van der Waals surface area contributed by atoms with E-state index in [1.807, 2.05) is 6.92 Å². The molecule has 0 aromatic rings. The van der Waals surface area contributed by atoms with Crippen molar-refractivity contribution in [2.75, 3.05) is 7.11 Å². The van der Waals surface area contributed by atoms with Gasteiger partial charge in [-0.2, -0.15) is 4.99 Å². The molecule has 0 radical (unpaired) electrons. The van der Waals surface area contributed by atoms with Crippen molar-refractivity contribution in [2.24, 2.45) is 15.8 Å². The maximum absolute atomic E-state index is 5.90. The van der Waals surface area contributed by atoms with Crippen LogP contribution in [-0.2, 0) is 4.74 Å². The van der Waals surface area contributed by atoms with Gasteiger partial charge in [0.2, 0.25) is 0 Å². The van der Waals surface area contributed by atoms with Crippen molar-refractivity contribution < 1.29 is 4.74 Å². The van der Waals surface area contributed by atoms with Crippen LogP contribution in [0.3, 0.4) is 0 Å². The largest absolute Gasteiger partial charge is 0.467 e. The summed E-state index contributed by atoms with van der Waals surface area (Å²) in [4.78, 5) is 8.49. The minimum Gasteiger partial charge on any atom is -0.467 e. The van der Waals surface area contributed by atoms with Gasteiger partial charge in [0.25, 0.3) is 0 Å². The standard InChI is InChI=1S/C8H18N4OSi/c1-6-10-7(13-2)11-8(12(6)9)14(3,4)5/h8H,9H2,1-5H3. The second-order valence-corrected chi connectivity index (χ2v) is 9.67. The fourth-order valence-electron chi connectivity index (χ4n) is 1.28. The highest BCUT2D eigenvalue weighted by Crippen LogP contribution is 2.17. The molecule has 0 spiro atoms. The first kappa shape index (κ1) is 11.2. The fraction of sp³-hybridized carbons (Fsp3) is 0.750. The first-order valence-electron chi connectivity index (χ1n) is 4.57. The normalized spacial score (nSPS) is 23.0. The van der Waals surface area contributed by atoms with E-state index in [4.69, 9.17) is 10.6 Å². The second kappa shape index (κ2) is 3.70. The predicted octanol–water partition coefficient (Wildman–Crippen LogP) is 0.800. The number of hydrogen-bond acceptors (Lipinski definition) is 5. The SMILES string of the molecule is COC1=NC([Si](C)(C)C)N(N)C(C)=N1. The first-order chi connectivity index (χ1) is 6.36. The lowest BCUT2D eigenvalue weighted by atomic mass is 10.6. The maximum Gasteiger partial charge on any atom is 0.314 e. The molecule has 1 heterocycles. The summed E-state index contributed by atoms with van der Waals surface area (Å²) < 4.78 is 5.04. The van der Waals surface area contributed by atoms with Crippen LogP contribution in [0.1, 0.15) is 6.92 Å². The van der Waals surface area contributed by atoms with Gasteiger partial charge in [-0.1, -0.05) is 19.6 Å². The van der Waals surface area contributed by atoms with Crippen LogP contribution in [0.5, 0.6) is 0 Å². The molecule has 0 fully saturated rings. The Morgan fingerprint density at radius 3 is 2.43 bits per heavy atom. The molecule has 5 nitrogen and oxygen atoms in total. The molecule has 0 aliphatic carbocycles. The van der Waals surface area contributed by atoms with Crippen LogP contribution in [0.2, 0.25) is 19.6 Å². The van der Waals surface area contributed by atoms with Gasteiger partial charge in [-0.25, -0.2) is 10.8 Å². The van der Waals surface area contributed by atoms with E-state index in [9.17, 15) is 0 Å². The highest BCUT2D eigenvalue weighted by molar-refractivity contribution is 6.77. The van der Waals surface area contributed by atoms with E-state index in [0.717, 1.165) is 5.84 Å². The molecule has 6 heteroatoms. The molecule has 0 saturated carbocycles. The molecular weight excluding hydrogens is 196 g/mol. The van der Waals surface area contributed by atoms with Crippen molar-refractivity contribution in [3.63, 3.8) is 0 Å². The fourth-order valence-corrected chi connectivity index (χ4v) is 2.80. The number of nitrogens with zero attached hydrogens (tertiary/aromatic N) is 3. The Morgan fingerprint density at radius 2 is 2.00 bits per heavy atom. The smallest absolute Gasteiger partial charge is 0.314 e. The molecule has 0 bridgehead atoms. The molecule has 0 aromatic heterocycles. The van der Waals surface area contributed by atoms with Crippen LogP contribution in [0.15, 0.2) is 9.98 Å². The van der Waals surface area contributed by atoms with E-state index >= 15 is 0 Å². The Hall–Kier alpha value is -0.883. The number of methoxy groups -OCH3 is 1. The minimum atomic E-state index is -1.47. The van der Waals surface area contributed by atoms with Crippen molar-refractivity contribution in [1.82, 2.24) is 5.01 Å². The third kappa shape index (κ3) is 2.13. The predicted molar refractivity (Wildman–Crippen MR) is 60.7 cm³/mol. The molecular formula is C8H18N4OSi. The Bertz CT molecular complexity index is 282. The maximum atomic E-state index is 5.90. The molecule has 1 unspecified atom stereocenters. The average Bonchev–Trinajstić information content (AvgIpc) is 2.07. The van der Waals surface area contributed by atoms with E-state index < -0.39 is 8.07 Å². The molecule has 14 heavy (non-hydrogen) atoms. The van der Waals surface area contributed by atoms with Crippen LogP contribution in [0, 0.1) is 0 Å². The number of ether oxygens (including phenoxy) is 1. The molecule has 2 N–H and O–H groups in total. The summed E-state index contributed by atoms with van der Waals surface area (Å²) in [5, 5.41) is 1.63. The van der Waals surface area contributed by atoms with Crippen LogP contribution < -0.4 is 5.84 Å². The van der Waals surface area contributed by atoms with E-state index in [2.05, 4.69) is 29.6 Å². The number of nitrogens with two attached hydrogens (primary N) is 1. The van der Waals surface area contributed by atoms with Gasteiger partial charge in [-0.05, 0) is 6.92 Å². The molecule has 1 aliphatic heterocycles. The summed E-state index contributed by atoms with van der Waals surface area (Å²) in [5.74, 6) is 6.66. The Morgan fingerprint density at radius 1 is 1.43 bits per heavy atom. The highest BCUT2D eigenvalue weighted by Gasteiger charge is 2.34. The van der Waals surface area contributed by atoms with Gasteiger partial charge < -0.3 is 4.74 Å². The number of hydrogen-bond donors (Lipinski definition) is 1. The summed E-state index contributed by atoms with van der Waals surface area (Å²) in [7, 11) is 0.106. The molecule has 80 valence electrons. The molecule has 0 saturated heterocycles. The zero-order valence-corrected chi connectivity index (χ0v) is 10.4. The van der Waals surface area contributed by atoms with Gasteiger partial charge in [-0.3, -0.25) is 5.01 Å². The van der Waals surface area contributed by atoms with E-state index in [0.29, 0.717) is 6.02 Å². The van der Waals surface area contributed by atoms with Crippen molar-refractivity contribution in [3.05, 3.63) is 0 Å². The van der Waals surface area contributed by atoms with Gasteiger partial charge >= 0.3 is 6.02 Å². The lowest BCUT2D eigenvalue weighted by Gasteiger charge is -2.36. The number of hydrazine groups is 1. The summed E-state index contributed by atoms with van der Waals surface area (Å²) in [6.45, 7) is 8.51. The van der Waals surface area contributed by atoms with Crippen molar-refractivity contribution >= 4 is 19.9 Å². The molecule has 1 aliphatic rings. The summed E-state index contributed by atoms with van der Waals surface area (Å²) in [6.07, 6.45) is 0. The Balaban J connectivity index is 2.99. The molecule has 1 rings (SSSR count). The van der Waals surface area contributed by atoms with Crippen LogP contribution >= 0.6 is 0 Å². The van der Waals surface area contributed by atoms with Crippen molar-refractivity contribution in [3.8, 4) is 0 Å². The Labute approximate surface area is 85.6 Å². The number of amidine groups is 2. The summed E-state index contributed by atoms with van der Waals surface area (Å²) in [5.41, 5.74) is 0. The summed E-state index contributed by atoms with van der Waals surface area (Å²) >= 11 is 0. The summed E-state index contributed by atoms with van der Waals surface area (Å²) in [6, 6.07) is 0.427. The molecule has 1 atom stereocenters. The molecule has 0 amide bonds. The minimum absolute atomic E-state index is 0.00921. The van der Waals surface area contributed by atoms with Crippen LogP contribution in [0.25, 0.3) is 0 Å². The van der Waals surface area contributed by atoms with Crippen LogP contribution in [-0.4, -0.2) is 37.8 Å². The van der Waals surface area contributed by atoms with Gasteiger partial charge in [0, 0.05) is 0 Å². The van der Waals surface area contributed by atoms with Crippen LogP contribution in [0.4, 0.5) is 0 Å². The van der Waals surface area contributed by atoms with Gasteiger partial charge in [-0.15, -0.1) is 0 Å². The zero-order chi connectivity index (χ0) is 10.9. The first-order valence-corrected chi connectivity index (χ1v) is 8.15. The lowest BCUT2D eigenvalue weighted by Crippen LogP contribution is -2.57.